The van der Waals surface area contributed by atoms with Gasteiger partial charge >= 0.3 is 0 Å². The van der Waals surface area contributed by atoms with E-state index in [9.17, 15) is 0 Å². The Morgan fingerprint density at radius 3 is 2.50 bits per heavy atom. The molecule has 0 atom stereocenters. The minimum absolute atomic E-state index is 0.689. The van der Waals surface area contributed by atoms with Gasteiger partial charge in [0.05, 0.1) is 0 Å². The van der Waals surface area contributed by atoms with Crippen molar-refractivity contribution >= 4 is 22.5 Å². The predicted octanol–water partition coefficient (Wildman–Crippen LogP) is 4.06. The number of hydrogen-bond donors (Lipinski definition) is 1. The van der Waals surface area contributed by atoms with Crippen LogP contribution in [0.3, 0.4) is 0 Å². The first-order chi connectivity index (χ1) is 11.8. The van der Waals surface area contributed by atoms with Crippen molar-refractivity contribution < 1.29 is 0 Å². The van der Waals surface area contributed by atoms with Crippen molar-refractivity contribution in [3.05, 3.63) is 54.2 Å². The van der Waals surface area contributed by atoms with Crippen LogP contribution in [0.2, 0.25) is 0 Å². The van der Waals surface area contributed by atoms with Crippen LogP contribution < -0.4 is 10.2 Å². The maximum Gasteiger partial charge on any atom is 0.203 e. The van der Waals surface area contributed by atoms with Crippen molar-refractivity contribution in [1.82, 2.24) is 14.3 Å². The first-order valence-corrected chi connectivity index (χ1v) is 8.90. The fourth-order valence-electron chi connectivity index (χ4n) is 2.43. The molecule has 0 saturated carbocycles. The zero-order valence-electron chi connectivity index (χ0n) is 13.9. The van der Waals surface area contributed by atoms with E-state index in [2.05, 4.69) is 50.5 Å². The van der Waals surface area contributed by atoms with E-state index >= 15 is 0 Å². The van der Waals surface area contributed by atoms with Gasteiger partial charge in [-0.15, -0.1) is 0 Å². The molecule has 3 rings (SSSR count). The predicted molar refractivity (Wildman–Crippen MR) is 100 cm³/mol. The van der Waals surface area contributed by atoms with Crippen molar-refractivity contribution in [2.75, 3.05) is 23.3 Å². The van der Waals surface area contributed by atoms with E-state index in [0.29, 0.717) is 6.54 Å². The van der Waals surface area contributed by atoms with Crippen LogP contribution >= 0.6 is 11.5 Å². The van der Waals surface area contributed by atoms with Gasteiger partial charge in [0, 0.05) is 42.9 Å². The highest BCUT2D eigenvalue weighted by molar-refractivity contribution is 7.09. The Morgan fingerprint density at radius 2 is 1.83 bits per heavy atom. The summed E-state index contributed by atoms with van der Waals surface area (Å²) in [6, 6.07) is 14.2. The van der Waals surface area contributed by atoms with E-state index in [-0.39, 0.29) is 0 Å². The summed E-state index contributed by atoms with van der Waals surface area (Å²) in [4.78, 5) is 11.3. The number of rotatable bonds is 7. The Balaban J connectivity index is 1.61. The van der Waals surface area contributed by atoms with E-state index in [1.807, 2.05) is 36.5 Å². The molecule has 24 heavy (non-hydrogen) atoms. The Bertz CT molecular complexity index is 751. The largest absolute Gasteiger partial charge is 0.357 e. The number of nitrogens with zero attached hydrogens (tertiary/aromatic N) is 4. The van der Waals surface area contributed by atoms with Crippen LogP contribution in [0.1, 0.15) is 19.4 Å². The summed E-state index contributed by atoms with van der Waals surface area (Å²) < 4.78 is 4.40. The smallest absolute Gasteiger partial charge is 0.203 e. The summed E-state index contributed by atoms with van der Waals surface area (Å²) in [5.41, 5.74) is 2.16. The monoisotopic (exact) mass is 339 g/mol. The fraction of sp³-hybridized carbons (Fsp3) is 0.278. The van der Waals surface area contributed by atoms with Gasteiger partial charge in [-0.25, -0.2) is 4.98 Å². The highest BCUT2D eigenvalue weighted by Gasteiger charge is 2.07. The molecule has 1 N–H and O–H groups in total. The Morgan fingerprint density at radius 1 is 1.04 bits per heavy atom. The third-order valence-corrected chi connectivity index (χ3v) is 4.47. The molecule has 2 heterocycles. The summed E-state index contributed by atoms with van der Waals surface area (Å²) >= 11 is 1.38. The molecule has 0 aliphatic heterocycles. The molecule has 0 radical (unpaired) electrons. The molecule has 0 aliphatic rings. The molecule has 5 nitrogen and oxygen atoms in total. The van der Waals surface area contributed by atoms with Crippen LogP contribution in [0.25, 0.3) is 11.4 Å². The molecule has 0 bridgehead atoms. The number of aromatic nitrogens is 3. The van der Waals surface area contributed by atoms with Gasteiger partial charge in [-0.3, -0.25) is 0 Å². The average molecular weight is 339 g/mol. The molecule has 0 aliphatic carbocycles. The fourth-order valence-corrected chi connectivity index (χ4v) is 3.02. The summed E-state index contributed by atoms with van der Waals surface area (Å²) in [7, 11) is 0. The van der Waals surface area contributed by atoms with Crippen LogP contribution in [0.4, 0.5) is 10.9 Å². The van der Waals surface area contributed by atoms with E-state index in [0.717, 1.165) is 41.0 Å². The molecule has 1 aromatic carbocycles. The lowest BCUT2D eigenvalue weighted by Gasteiger charge is -2.19. The lowest BCUT2D eigenvalue weighted by molar-refractivity contribution is 0.844. The molecular formula is C18H21N5S. The average Bonchev–Trinajstić information content (AvgIpc) is 3.12. The Hall–Kier alpha value is -2.47. The summed E-state index contributed by atoms with van der Waals surface area (Å²) in [5.74, 6) is 1.78. The minimum Gasteiger partial charge on any atom is -0.357 e. The topological polar surface area (TPSA) is 53.9 Å². The third-order valence-electron chi connectivity index (χ3n) is 3.80. The third kappa shape index (κ3) is 3.89. The van der Waals surface area contributed by atoms with Gasteiger partial charge in [-0.1, -0.05) is 36.4 Å². The first-order valence-electron chi connectivity index (χ1n) is 8.13. The van der Waals surface area contributed by atoms with E-state index in [1.165, 1.54) is 11.5 Å². The zero-order chi connectivity index (χ0) is 16.8. The van der Waals surface area contributed by atoms with Gasteiger partial charge in [-0.05, 0) is 25.5 Å². The molecule has 0 fully saturated rings. The summed E-state index contributed by atoms with van der Waals surface area (Å²) in [6.45, 7) is 6.90. The zero-order valence-corrected chi connectivity index (χ0v) is 14.8. The normalized spacial score (nSPS) is 10.6. The summed E-state index contributed by atoms with van der Waals surface area (Å²) in [6.07, 6.45) is 1.92. The van der Waals surface area contributed by atoms with Crippen LogP contribution in [0.5, 0.6) is 0 Å². The summed E-state index contributed by atoms with van der Waals surface area (Å²) in [5, 5.41) is 4.14. The lowest BCUT2D eigenvalue weighted by atomic mass is 10.2. The van der Waals surface area contributed by atoms with Crippen molar-refractivity contribution in [2.24, 2.45) is 0 Å². The van der Waals surface area contributed by atoms with Gasteiger partial charge in [-0.2, -0.15) is 9.36 Å². The number of hydrogen-bond acceptors (Lipinski definition) is 6. The number of anilines is 2. The molecule has 0 spiro atoms. The second-order valence-corrected chi connectivity index (χ2v) is 6.09. The van der Waals surface area contributed by atoms with E-state index < -0.39 is 0 Å². The second-order valence-electron chi connectivity index (χ2n) is 5.34. The number of nitrogens with one attached hydrogen (secondary N) is 1. The van der Waals surface area contributed by atoms with Gasteiger partial charge in [0.15, 0.2) is 5.82 Å². The van der Waals surface area contributed by atoms with Gasteiger partial charge in [0.1, 0.15) is 5.82 Å². The van der Waals surface area contributed by atoms with Crippen LogP contribution in [0.15, 0.2) is 48.7 Å². The second kappa shape index (κ2) is 7.88. The molecule has 3 aromatic rings. The van der Waals surface area contributed by atoms with Crippen LogP contribution in [-0.2, 0) is 6.54 Å². The molecule has 2 aromatic heterocycles. The minimum atomic E-state index is 0.689. The highest BCUT2D eigenvalue weighted by Crippen LogP contribution is 2.21. The first kappa shape index (κ1) is 16.4. The lowest BCUT2D eigenvalue weighted by Crippen LogP contribution is -2.22. The van der Waals surface area contributed by atoms with Gasteiger partial charge < -0.3 is 10.2 Å². The van der Waals surface area contributed by atoms with Gasteiger partial charge in [0.2, 0.25) is 5.13 Å². The van der Waals surface area contributed by atoms with Crippen molar-refractivity contribution in [3.8, 4) is 11.4 Å². The highest BCUT2D eigenvalue weighted by atomic mass is 32.1. The molecule has 0 unspecified atom stereocenters. The molecule has 0 amide bonds. The quantitative estimate of drug-likeness (QED) is 0.703. The maximum absolute atomic E-state index is 4.54. The SMILES string of the molecule is CCN(CC)c1ccc(CNc2nc(-c3ccccc3)ns2)cn1. The standard InChI is InChI=1S/C18H21N5S/c1-3-23(4-2)16-11-10-14(12-19-16)13-20-18-21-17(22-24-18)15-8-6-5-7-9-15/h5-12H,3-4,13H2,1-2H3,(H,20,21,22). The van der Waals surface area contributed by atoms with Crippen LogP contribution in [0, 0.1) is 0 Å². The molecular weight excluding hydrogens is 318 g/mol. The maximum atomic E-state index is 4.54. The van der Waals surface area contributed by atoms with Crippen molar-refractivity contribution in [1.29, 1.82) is 0 Å². The number of pyridine rings is 1. The van der Waals surface area contributed by atoms with Crippen LogP contribution in [-0.4, -0.2) is 27.4 Å². The molecule has 6 heteroatoms. The van der Waals surface area contributed by atoms with Crippen molar-refractivity contribution in [2.45, 2.75) is 20.4 Å². The molecule has 124 valence electrons. The Labute approximate surface area is 146 Å². The molecule has 0 saturated heterocycles. The van der Waals surface area contributed by atoms with Gasteiger partial charge in [0.25, 0.3) is 0 Å². The van der Waals surface area contributed by atoms with E-state index in [1.54, 1.807) is 0 Å². The van der Waals surface area contributed by atoms with E-state index in [4.69, 9.17) is 0 Å². The van der Waals surface area contributed by atoms with Crippen molar-refractivity contribution in [3.63, 3.8) is 0 Å². The Kier molecular flexibility index (Phi) is 5.38. The number of benzene rings is 1.